The normalized spacial score (nSPS) is 27.7. The fourth-order valence-corrected chi connectivity index (χ4v) is 4.20. The zero-order chi connectivity index (χ0) is 14.2. The summed E-state index contributed by atoms with van der Waals surface area (Å²) in [6.45, 7) is 3.42. The number of nitrogens with one attached hydrogen (secondary N) is 1. The van der Waals surface area contributed by atoms with Crippen LogP contribution in [0.1, 0.15) is 12.8 Å². The van der Waals surface area contributed by atoms with Crippen LogP contribution < -0.4 is 5.32 Å². The minimum absolute atomic E-state index is 0.0102. The molecule has 0 saturated carbocycles. The molecule has 2 aliphatic heterocycles. The topological polar surface area (TPSA) is 37.3 Å². The third-order valence-electron chi connectivity index (χ3n) is 4.58. The Kier molecular flexibility index (Phi) is 3.31. The summed E-state index contributed by atoms with van der Waals surface area (Å²) in [6, 6.07) is 4.36. The first-order chi connectivity index (χ1) is 10.3. The smallest absolute Gasteiger partial charge is 0.325 e. The van der Waals surface area contributed by atoms with Gasteiger partial charge in [0.15, 0.2) is 0 Å². The average Bonchev–Trinajstić information content (AvgIpc) is 3.18. The predicted molar refractivity (Wildman–Crippen MR) is 84.6 cm³/mol. The van der Waals surface area contributed by atoms with Crippen molar-refractivity contribution in [1.82, 2.24) is 14.8 Å². The van der Waals surface area contributed by atoms with Crippen LogP contribution in [0.3, 0.4) is 0 Å². The van der Waals surface area contributed by atoms with Crippen molar-refractivity contribution >= 4 is 17.4 Å². The highest BCUT2D eigenvalue weighted by molar-refractivity contribution is 7.08. The minimum Gasteiger partial charge on any atom is -0.333 e. The maximum atomic E-state index is 12.4. The Morgan fingerprint density at radius 2 is 2.24 bits per heavy atom. The van der Waals surface area contributed by atoms with E-state index in [4.69, 9.17) is 0 Å². The van der Waals surface area contributed by atoms with Gasteiger partial charge in [-0.05, 0) is 53.8 Å². The van der Waals surface area contributed by atoms with E-state index < -0.39 is 0 Å². The van der Waals surface area contributed by atoms with Crippen molar-refractivity contribution in [3.8, 4) is 11.1 Å². The highest BCUT2D eigenvalue weighted by Crippen LogP contribution is 2.27. The molecule has 2 saturated heterocycles. The maximum Gasteiger partial charge on any atom is 0.325 e. The molecule has 0 aliphatic carbocycles. The lowest BCUT2D eigenvalue weighted by Crippen LogP contribution is -2.47. The third-order valence-corrected chi connectivity index (χ3v) is 5.26. The molecule has 1 unspecified atom stereocenters. The zero-order valence-corrected chi connectivity index (χ0v) is 12.7. The first-order valence-electron chi connectivity index (χ1n) is 7.52. The van der Waals surface area contributed by atoms with Gasteiger partial charge in [0, 0.05) is 37.1 Å². The van der Waals surface area contributed by atoms with Crippen LogP contribution in [-0.2, 0) is 0 Å². The van der Waals surface area contributed by atoms with Gasteiger partial charge in [-0.2, -0.15) is 11.3 Å². The fourth-order valence-electron chi connectivity index (χ4n) is 3.54. The summed E-state index contributed by atoms with van der Waals surface area (Å²) < 4.78 is 1.67. The van der Waals surface area contributed by atoms with E-state index in [-0.39, 0.29) is 6.03 Å². The van der Waals surface area contributed by atoms with Gasteiger partial charge in [-0.15, -0.1) is 0 Å². The Balaban J connectivity index is 1.43. The van der Waals surface area contributed by atoms with E-state index in [2.05, 4.69) is 27.0 Å². The maximum absolute atomic E-state index is 12.4. The van der Waals surface area contributed by atoms with E-state index in [0.717, 1.165) is 24.4 Å². The van der Waals surface area contributed by atoms with Crippen LogP contribution in [0.2, 0.25) is 0 Å². The zero-order valence-electron chi connectivity index (χ0n) is 11.9. The Morgan fingerprint density at radius 3 is 3.05 bits per heavy atom. The van der Waals surface area contributed by atoms with Gasteiger partial charge < -0.3 is 10.2 Å². The molecule has 21 heavy (non-hydrogen) atoms. The van der Waals surface area contributed by atoms with E-state index in [9.17, 15) is 4.79 Å². The lowest BCUT2D eigenvalue weighted by molar-refractivity contribution is 0.206. The Labute approximate surface area is 128 Å². The van der Waals surface area contributed by atoms with Crippen molar-refractivity contribution in [3.63, 3.8) is 0 Å². The molecule has 3 atom stereocenters. The van der Waals surface area contributed by atoms with Crippen LogP contribution >= 0.6 is 11.3 Å². The van der Waals surface area contributed by atoms with Gasteiger partial charge in [0.25, 0.3) is 0 Å². The molecule has 2 aromatic rings. The van der Waals surface area contributed by atoms with Gasteiger partial charge in [-0.25, -0.2) is 4.79 Å². The van der Waals surface area contributed by atoms with Gasteiger partial charge in [0.05, 0.1) is 0 Å². The first kappa shape index (κ1) is 13.1. The molecule has 4 nitrogen and oxygen atoms in total. The second-order valence-corrected chi connectivity index (χ2v) is 6.90. The number of rotatable bonds is 2. The number of thiophene rings is 1. The summed E-state index contributed by atoms with van der Waals surface area (Å²) in [4.78, 5) is 14.8. The molecule has 4 rings (SSSR count). The molecule has 2 aromatic heterocycles. The molecule has 1 N–H and O–H groups in total. The van der Waals surface area contributed by atoms with Crippen molar-refractivity contribution in [2.24, 2.45) is 5.92 Å². The molecule has 0 aromatic carbocycles. The van der Waals surface area contributed by atoms with Gasteiger partial charge in [-0.3, -0.25) is 4.57 Å². The number of aromatic nitrogens is 1. The molecular weight excluding hydrogens is 282 g/mol. The van der Waals surface area contributed by atoms with Crippen molar-refractivity contribution in [1.29, 1.82) is 0 Å². The van der Waals surface area contributed by atoms with E-state index in [1.54, 1.807) is 15.9 Å². The summed E-state index contributed by atoms with van der Waals surface area (Å²) in [5.74, 6) is 0.773. The highest BCUT2D eigenvalue weighted by atomic mass is 32.1. The van der Waals surface area contributed by atoms with Crippen molar-refractivity contribution in [2.45, 2.75) is 18.9 Å². The standard InChI is InChI=1S/C16H19N3OS/c20-16(17-15-7-12-1-4-18(8-12)10-15)19-5-2-13(9-19)14-3-6-21-11-14/h2-3,5-6,9,11-12,15H,1,4,7-8,10H2,(H,17,20)/t12-,15-/m1/s1. The molecule has 0 radical (unpaired) electrons. The molecular formula is C16H19N3OS. The Morgan fingerprint density at radius 1 is 1.29 bits per heavy atom. The molecule has 2 fully saturated rings. The number of carbonyl (C=O) groups excluding carboxylic acids is 1. The van der Waals surface area contributed by atoms with Crippen LogP contribution in [0, 0.1) is 5.92 Å². The van der Waals surface area contributed by atoms with Crippen LogP contribution in [-0.4, -0.2) is 41.2 Å². The molecule has 2 bridgehead atoms. The molecule has 2 aliphatic rings. The van der Waals surface area contributed by atoms with Crippen molar-refractivity contribution in [2.75, 3.05) is 19.6 Å². The number of piperidine rings is 1. The van der Waals surface area contributed by atoms with Crippen LogP contribution in [0.25, 0.3) is 11.1 Å². The first-order valence-corrected chi connectivity index (χ1v) is 8.46. The van der Waals surface area contributed by atoms with Gasteiger partial charge >= 0.3 is 6.03 Å². The second kappa shape index (κ2) is 5.31. The fraction of sp³-hybridized carbons (Fsp3) is 0.438. The number of carbonyl (C=O) groups is 1. The van der Waals surface area contributed by atoms with E-state index in [1.807, 2.05) is 18.5 Å². The number of fused-ring (bicyclic) bond motifs is 2. The molecule has 1 amide bonds. The molecule has 5 heteroatoms. The Bertz CT molecular complexity index is 622. The third kappa shape index (κ3) is 2.63. The lowest BCUT2D eigenvalue weighted by Gasteiger charge is -2.30. The van der Waals surface area contributed by atoms with Gasteiger partial charge in [0.1, 0.15) is 0 Å². The van der Waals surface area contributed by atoms with Crippen molar-refractivity contribution in [3.05, 3.63) is 35.3 Å². The van der Waals surface area contributed by atoms with E-state index in [1.165, 1.54) is 25.1 Å². The van der Waals surface area contributed by atoms with Crippen molar-refractivity contribution < 1.29 is 4.79 Å². The monoisotopic (exact) mass is 301 g/mol. The van der Waals surface area contributed by atoms with E-state index in [0.29, 0.717) is 6.04 Å². The van der Waals surface area contributed by atoms with E-state index >= 15 is 0 Å². The number of nitrogens with zero attached hydrogens (tertiary/aromatic N) is 2. The summed E-state index contributed by atoms with van der Waals surface area (Å²) in [6.07, 6.45) is 6.17. The van der Waals surface area contributed by atoms with Gasteiger partial charge in [-0.1, -0.05) is 0 Å². The molecule has 4 heterocycles. The van der Waals surface area contributed by atoms with Crippen LogP contribution in [0.15, 0.2) is 35.3 Å². The van der Waals surface area contributed by atoms with Crippen LogP contribution in [0.4, 0.5) is 4.79 Å². The summed E-state index contributed by atoms with van der Waals surface area (Å²) in [5.41, 5.74) is 2.27. The van der Waals surface area contributed by atoms with Crippen LogP contribution in [0.5, 0.6) is 0 Å². The van der Waals surface area contributed by atoms with Gasteiger partial charge in [0.2, 0.25) is 0 Å². The minimum atomic E-state index is -0.0102. The number of hydrogen-bond donors (Lipinski definition) is 1. The highest BCUT2D eigenvalue weighted by Gasteiger charge is 2.32. The largest absolute Gasteiger partial charge is 0.333 e. The summed E-state index contributed by atoms with van der Waals surface area (Å²) in [7, 11) is 0. The predicted octanol–water partition coefficient (Wildman–Crippen LogP) is 2.87. The second-order valence-electron chi connectivity index (χ2n) is 6.12. The Hall–Kier alpha value is -1.59. The summed E-state index contributed by atoms with van der Waals surface area (Å²) >= 11 is 1.67. The lowest BCUT2D eigenvalue weighted by atomic mass is 9.97. The quantitative estimate of drug-likeness (QED) is 0.926. The summed E-state index contributed by atoms with van der Waals surface area (Å²) in [5, 5.41) is 7.33. The number of hydrogen-bond acceptors (Lipinski definition) is 3. The molecule has 110 valence electrons. The average molecular weight is 301 g/mol. The number of amides is 1. The molecule has 0 spiro atoms. The SMILES string of the molecule is O=C(N[C@@H]1C[C@H]2CCN(C2)C1)n1ccc(-c2ccsc2)c1.